The third-order valence-electron chi connectivity index (χ3n) is 6.55. The van der Waals surface area contributed by atoms with Crippen LogP contribution < -0.4 is 18.9 Å². The van der Waals surface area contributed by atoms with Gasteiger partial charge in [0.1, 0.15) is 29.7 Å². The summed E-state index contributed by atoms with van der Waals surface area (Å²) in [5.41, 5.74) is 3.09. The standard InChI is InChI=1S/C26H30N2O6/c1-17-12-22-20(15-28(16-33-22)7-6-27-8-10-32-11-9-27)26-24(17)25(29)23(34-26)14-18-13-19(30-2)4-5-21(18)31-3/h4-5,12-14H,6-11,15-16H2,1-3H3/b23-14-. The Kier molecular flexibility index (Phi) is 6.45. The summed E-state index contributed by atoms with van der Waals surface area (Å²) >= 11 is 0. The van der Waals surface area contributed by atoms with Gasteiger partial charge in [0.2, 0.25) is 5.78 Å². The first-order valence-electron chi connectivity index (χ1n) is 11.6. The fourth-order valence-electron chi connectivity index (χ4n) is 4.62. The van der Waals surface area contributed by atoms with Crippen LogP contribution in [0.3, 0.4) is 0 Å². The SMILES string of the molecule is COc1ccc(OC)c(/C=C2\Oc3c4c(cc(C)c3C2=O)OCN(CCN2CCOCC2)C4)c1. The van der Waals surface area contributed by atoms with Crippen molar-refractivity contribution in [2.24, 2.45) is 0 Å². The highest BCUT2D eigenvalue weighted by Gasteiger charge is 2.35. The number of hydrogen-bond donors (Lipinski definition) is 0. The number of ketones is 1. The zero-order valence-electron chi connectivity index (χ0n) is 19.9. The van der Waals surface area contributed by atoms with E-state index in [2.05, 4.69) is 9.80 Å². The van der Waals surface area contributed by atoms with Crippen LogP contribution in [-0.4, -0.2) is 75.9 Å². The first-order valence-corrected chi connectivity index (χ1v) is 11.6. The molecule has 0 aliphatic carbocycles. The maximum Gasteiger partial charge on any atom is 0.232 e. The lowest BCUT2D eigenvalue weighted by Crippen LogP contribution is -2.43. The van der Waals surface area contributed by atoms with E-state index in [9.17, 15) is 4.79 Å². The number of ether oxygens (including phenoxy) is 5. The van der Waals surface area contributed by atoms with Crippen LogP contribution in [0, 0.1) is 6.92 Å². The molecule has 1 fully saturated rings. The molecule has 0 spiro atoms. The van der Waals surface area contributed by atoms with E-state index in [0.29, 0.717) is 41.7 Å². The lowest BCUT2D eigenvalue weighted by atomic mass is 9.98. The number of rotatable bonds is 6. The number of hydrogen-bond acceptors (Lipinski definition) is 8. The fourth-order valence-corrected chi connectivity index (χ4v) is 4.62. The normalized spacial score (nSPS) is 19.4. The maximum atomic E-state index is 13.3. The number of morpholine rings is 1. The quantitative estimate of drug-likeness (QED) is 0.602. The average Bonchev–Trinajstić information content (AvgIpc) is 3.20. The Bertz CT molecular complexity index is 1120. The Labute approximate surface area is 199 Å². The summed E-state index contributed by atoms with van der Waals surface area (Å²) in [5, 5.41) is 0. The number of methoxy groups -OCH3 is 2. The van der Waals surface area contributed by atoms with Gasteiger partial charge in [0, 0.05) is 38.3 Å². The van der Waals surface area contributed by atoms with Crippen molar-refractivity contribution in [3.05, 3.63) is 52.3 Å². The fraction of sp³-hybridized carbons (Fsp3) is 0.423. The number of carbonyl (C=O) groups excluding carboxylic acids is 1. The highest BCUT2D eigenvalue weighted by atomic mass is 16.5. The number of fused-ring (bicyclic) bond motifs is 3. The molecular weight excluding hydrogens is 436 g/mol. The largest absolute Gasteiger partial charge is 0.497 e. The third kappa shape index (κ3) is 4.36. The van der Waals surface area contributed by atoms with Crippen LogP contribution in [0.25, 0.3) is 6.08 Å². The van der Waals surface area contributed by atoms with Crippen LogP contribution in [0.5, 0.6) is 23.0 Å². The van der Waals surface area contributed by atoms with Crippen molar-refractivity contribution in [3.63, 3.8) is 0 Å². The maximum absolute atomic E-state index is 13.3. The van der Waals surface area contributed by atoms with Gasteiger partial charge in [0.25, 0.3) is 0 Å². The molecule has 34 heavy (non-hydrogen) atoms. The summed E-state index contributed by atoms with van der Waals surface area (Å²) in [5.74, 6) is 2.83. The van der Waals surface area contributed by atoms with Crippen LogP contribution in [0.4, 0.5) is 0 Å². The molecule has 0 amide bonds. The van der Waals surface area contributed by atoms with Crippen LogP contribution in [0.15, 0.2) is 30.0 Å². The number of allylic oxidation sites excluding steroid dienone is 1. The molecule has 0 aromatic heterocycles. The van der Waals surface area contributed by atoms with Gasteiger partial charge < -0.3 is 23.7 Å². The van der Waals surface area contributed by atoms with E-state index in [-0.39, 0.29) is 11.5 Å². The summed E-state index contributed by atoms with van der Waals surface area (Å²) < 4.78 is 28.5. The van der Waals surface area contributed by atoms with E-state index in [4.69, 9.17) is 23.7 Å². The lowest BCUT2D eigenvalue weighted by molar-refractivity contribution is 0.0239. The molecule has 0 saturated carbocycles. The highest BCUT2D eigenvalue weighted by Crippen LogP contribution is 2.44. The molecule has 2 aromatic carbocycles. The van der Waals surface area contributed by atoms with Crippen molar-refractivity contribution >= 4 is 11.9 Å². The minimum Gasteiger partial charge on any atom is -0.497 e. The topological polar surface area (TPSA) is 69.7 Å². The molecule has 1 saturated heterocycles. The van der Waals surface area contributed by atoms with Gasteiger partial charge in [0.05, 0.1) is 38.6 Å². The lowest BCUT2D eigenvalue weighted by Gasteiger charge is -2.33. The van der Waals surface area contributed by atoms with Gasteiger partial charge >= 0.3 is 0 Å². The van der Waals surface area contributed by atoms with Crippen LogP contribution in [0.2, 0.25) is 0 Å². The minimum atomic E-state index is -0.134. The van der Waals surface area contributed by atoms with Crippen molar-refractivity contribution < 1.29 is 28.5 Å². The van der Waals surface area contributed by atoms with Crippen molar-refractivity contribution in [3.8, 4) is 23.0 Å². The molecule has 180 valence electrons. The summed E-state index contributed by atoms with van der Waals surface area (Å²) in [6.07, 6.45) is 1.72. The van der Waals surface area contributed by atoms with Crippen molar-refractivity contribution in [1.29, 1.82) is 0 Å². The van der Waals surface area contributed by atoms with E-state index in [0.717, 1.165) is 56.3 Å². The summed E-state index contributed by atoms with van der Waals surface area (Å²) in [7, 11) is 3.20. The van der Waals surface area contributed by atoms with E-state index in [1.54, 1.807) is 20.3 Å². The van der Waals surface area contributed by atoms with E-state index >= 15 is 0 Å². The molecule has 0 atom stereocenters. The predicted molar refractivity (Wildman–Crippen MR) is 127 cm³/mol. The molecule has 3 aliphatic rings. The monoisotopic (exact) mass is 466 g/mol. The highest BCUT2D eigenvalue weighted by molar-refractivity contribution is 6.16. The molecule has 8 heteroatoms. The average molecular weight is 467 g/mol. The number of aryl methyl sites for hydroxylation is 1. The Morgan fingerprint density at radius 1 is 1.06 bits per heavy atom. The Balaban J connectivity index is 1.40. The van der Waals surface area contributed by atoms with Gasteiger partial charge in [-0.25, -0.2) is 0 Å². The number of Topliss-reactive ketones (excluding diaryl/α,β-unsaturated/α-hetero) is 1. The first-order chi connectivity index (χ1) is 16.6. The van der Waals surface area contributed by atoms with Gasteiger partial charge in [-0.15, -0.1) is 0 Å². The summed E-state index contributed by atoms with van der Waals surface area (Å²) in [6.45, 7) is 8.43. The molecule has 0 unspecified atom stereocenters. The van der Waals surface area contributed by atoms with Gasteiger partial charge in [-0.1, -0.05) is 0 Å². The third-order valence-corrected chi connectivity index (χ3v) is 6.55. The molecular formula is C26H30N2O6. The predicted octanol–water partition coefficient (Wildman–Crippen LogP) is 3.11. The molecule has 5 rings (SSSR count). The minimum absolute atomic E-state index is 0.134. The van der Waals surface area contributed by atoms with Crippen molar-refractivity contribution in [2.45, 2.75) is 13.5 Å². The second-order valence-electron chi connectivity index (χ2n) is 8.70. The molecule has 0 radical (unpaired) electrons. The molecule has 8 nitrogen and oxygen atoms in total. The van der Waals surface area contributed by atoms with Gasteiger partial charge in [-0.2, -0.15) is 0 Å². The van der Waals surface area contributed by atoms with Crippen LogP contribution in [-0.2, 0) is 11.3 Å². The Morgan fingerprint density at radius 2 is 1.85 bits per heavy atom. The van der Waals surface area contributed by atoms with Crippen molar-refractivity contribution in [2.75, 3.05) is 60.3 Å². The Morgan fingerprint density at radius 3 is 2.62 bits per heavy atom. The summed E-state index contributed by atoms with van der Waals surface area (Å²) in [6, 6.07) is 7.40. The first kappa shape index (κ1) is 22.7. The summed E-state index contributed by atoms with van der Waals surface area (Å²) in [4.78, 5) is 18.0. The molecule has 0 bridgehead atoms. The molecule has 3 heterocycles. The molecule has 0 N–H and O–H groups in total. The van der Waals surface area contributed by atoms with Crippen LogP contribution >= 0.6 is 0 Å². The van der Waals surface area contributed by atoms with Gasteiger partial charge in [0.15, 0.2) is 5.76 Å². The van der Waals surface area contributed by atoms with Crippen molar-refractivity contribution in [1.82, 2.24) is 9.80 Å². The Hall–Kier alpha value is -3.07. The number of nitrogens with zero attached hydrogens (tertiary/aromatic N) is 2. The van der Waals surface area contributed by atoms with Gasteiger partial charge in [-0.05, 0) is 42.8 Å². The van der Waals surface area contributed by atoms with E-state index in [1.165, 1.54) is 0 Å². The number of benzene rings is 2. The second kappa shape index (κ2) is 9.66. The van der Waals surface area contributed by atoms with E-state index in [1.807, 2.05) is 31.2 Å². The second-order valence-corrected chi connectivity index (χ2v) is 8.70. The smallest absolute Gasteiger partial charge is 0.232 e. The molecule has 3 aliphatic heterocycles. The molecule has 2 aromatic rings. The zero-order chi connectivity index (χ0) is 23.7. The van der Waals surface area contributed by atoms with Gasteiger partial charge in [-0.3, -0.25) is 14.6 Å². The van der Waals surface area contributed by atoms with Crippen LogP contribution in [0.1, 0.15) is 27.0 Å². The number of carbonyl (C=O) groups is 1. The van der Waals surface area contributed by atoms with E-state index < -0.39 is 0 Å². The zero-order valence-corrected chi connectivity index (χ0v) is 19.9.